The average molecular weight is 302 g/mol. The molecule has 1 saturated heterocycles. The summed E-state index contributed by atoms with van der Waals surface area (Å²) in [6, 6.07) is 9.54. The molecule has 0 amide bonds. The van der Waals surface area contributed by atoms with Gasteiger partial charge in [0.2, 0.25) is 6.10 Å². The van der Waals surface area contributed by atoms with E-state index in [1.165, 1.54) is 19.3 Å². The zero-order valence-corrected chi connectivity index (χ0v) is 12.7. The Labute approximate surface area is 130 Å². The smallest absolute Gasteiger partial charge is 0.348 e. The number of carbonyl (C=O) groups is 2. The van der Waals surface area contributed by atoms with Gasteiger partial charge >= 0.3 is 11.9 Å². The summed E-state index contributed by atoms with van der Waals surface area (Å²) in [6.45, 7) is 0. The monoisotopic (exact) mass is 302 g/mol. The number of hydrogen-bond donors (Lipinski definition) is 0. The van der Waals surface area contributed by atoms with Gasteiger partial charge in [0, 0.05) is 6.42 Å². The van der Waals surface area contributed by atoms with Gasteiger partial charge in [-0.1, -0.05) is 62.4 Å². The van der Waals surface area contributed by atoms with Crippen LogP contribution in [0.5, 0.6) is 0 Å². The van der Waals surface area contributed by atoms with Gasteiger partial charge in [-0.15, -0.1) is 0 Å². The third-order valence-corrected chi connectivity index (χ3v) is 4.58. The Morgan fingerprint density at radius 2 is 1.50 bits per heavy atom. The molecule has 3 rings (SSSR count). The number of benzene rings is 1. The van der Waals surface area contributed by atoms with Crippen LogP contribution in [0.1, 0.15) is 44.1 Å². The van der Waals surface area contributed by atoms with Crippen molar-refractivity contribution >= 4 is 11.9 Å². The molecule has 0 bridgehead atoms. The molecule has 0 spiro atoms. The maximum absolute atomic E-state index is 12.1. The first-order chi connectivity index (χ1) is 10.7. The van der Waals surface area contributed by atoms with E-state index in [9.17, 15) is 9.59 Å². The second-order valence-electron chi connectivity index (χ2n) is 6.28. The molecular formula is C18H22O4. The highest BCUT2D eigenvalue weighted by Gasteiger charge is 2.39. The Kier molecular flexibility index (Phi) is 4.76. The second kappa shape index (κ2) is 6.95. The van der Waals surface area contributed by atoms with Gasteiger partial charge < -0.3 is 9.47 Å². The number of carbonyl (C=O) groups excluding carboxylic acids is 2. The van der Waals surface area contributed by atoms with Gasteiger partial charge in [-0.2, -0.15) is 0 Å². The van der Waals surface area contributed by atoms with E-state index in [2.05, 4.69) is 0 Å². The maximum Gasteiger partial charge on any atom is 0.348 e. The van der Waals surface area contributed by atoms with E-state index in [0.29, 0.717) is 18.8 Å². The molecule has 0 radical (unpaired) electrons. The van der Waals surface area contributed by atoms with Crippen LogP contribution in [0, 0.1) is 5.92 Å². The Morgan fingerprint density at radius 1 is 0.864 bits per heavy atom. The van der Waals surface area contributed by atoms with Crippen molar-refractivity contribution < 1.29 is 19.1 Å². The van der Waals surface area contributed by atoms with E-state index in [1.807, 2.05) is 30.3 Å². The molecule has 1 aliphatic heterocycles. The Bertz CT molecular complexity index is 519. The van der Waals surface area contributed by atoms with Gasteiger partial charge in [-0.3, -0.25) is 0 Å². The highest BCUT2D eigenvalue weighted by atomic mass is 16.6. The van der Waals surface area contributed by atoms with Crippen molar-refractivity contribution in [1.29, 1.82) is 0 Å². The fourth-order valence-corrected chi connectivity index (χ4v) is 3.35. The first kappa shape index (κ1) is 15.1. The number of esters is 2. The second-order valence-corrected chi connectivity index (χ2v) is 6.28. The first-order valence-electron chi connectivity index (χ1n) is 8.17. The summed E-state index contributed by atoms with van der Waals surface area (Å²) in [5.74, 6) is -0.319. The molecule has 2 atom stereocenters. The van der Waals surface area contributed by atoms with Crippen LogP contribution in [0.15, 0.2) is 30.3 Å². The van der Waals surface area contributed by atoms with Gasteiger partial charge in [0.25, 0.3) is 0 Å². The van der Waals surface area contributed by atoms with Gasteiger partial charge in [0.1, 0.15) is 0 Å². The summed E-state index contributed by atoms with van der Waals surface area (Å²) in [4.78, 5) is 24.2. The van der Waals surface area contributed by atoms with E-state index < -0.39 is 18.2 Å². The molecule has 1 saturated carbocycles. The van der Waals surface area contributed by atoms with Crippen molar-refractivity contribution in [2.45, 2.75) is 57.2 Å². The van der Waals surface area contributed by atoms with Crippen molar-refractivity contribution in [3.63, 3.8) is 0 Å². The molecule has 118 valence electrons. The third-order valence-electron chi connectivity index (χ3n) is 4.58. The Balaban J connectivity index is 1.56. The summed E-state index contributed by atoms with van der Waals surface area (Å²) in [7, 11) is 0. The molecule has 0 aromatic heterocycles. The summed E-state index contributed by atoms with van der Waals surface area (Å²) in [5.41, 5.74) is 0.961. The van der Waals surface area contributed by atoms with Crippen LogP contribution in [0.3, 0.4) is 0 Å². The van der Waals surface area contributed by atoms with Crippen LogP contribution in [0.2, 0.25) is 0 Å². The molecule has 1 heterocycles. The Morgan fingerprint density at radius 3 is 2.23 bits per heavy atom. The van der Waals surface area contributed by atoms with Crippen LogP contribution in [-0.4, -0.2) is 24.1 Å². The molecule has 2 aliphatic rings. The SMILES string of the molecule is O=C1OC(CC2CCCCC2)C(=O)OC1Cc1ccccc1. The van der Waals surface area contributed by atoms with E-state index in [4.69, 9.17) is 9.47 Å². The van der Waals surface area contributed by atoms with Gasteiger partial charge in [0.05, 0.1) is 0 Å². The minimum atomic E-state index is -0.808. The number of rotatable bonds is 4. The van der Waals surface area contributed by atoms with E-state index in [-0.39, 0.29) is 5.97 Å². The lowest BCUT2D eigenvalue weighted by Crippen LogP contribution is -2.45. The average Bonchev–Trinajstić information content (AvgIpc) is 2.54. The molecule has 4 nitrogen and oxygen atoms in total. The molecule has 4 heteroatoms. The summed E-state index contributed by atoms with van der Waals surface area (Å²) < 4.78 is 10.7. The molecule has 2 unspecified atom stereocenters. The molecule has 1 aromatic carbocycles. The lowest BCUT2D eigenvalue weighted by molar-refractivity contribution is -0.196. The largest absolute Gasteiger partial charge is 0.448 e. The quantitative estimate of drug-likeness (QED) is 0.802. The zero-order chi connectivity index (χ0) is 15.4. The molecular weight excluding hydrogens is 280 g/mol. The van der Waals surface area contributed by atoms with Gasteiger partial charge in [0.15, 0.2) is 6.10 Å². The molecule has 1 aromatic rings. The highest BCUT2D eigenvalue weighted by molar-refractivity contribution is 5.87. The molecule has 0 N–H and O–H groups in total. The number of cyclic esters (lactones) is 2. The van der Waals surface area contributed by atoms with Crippen LogP contribution in [0.4, 0.5) is 0 Å². The van der Waals surface area contributed by atoms with Crippen molar-refractivity contribution in [3.05, 3.63) is 35.9 Å². The molecule has 1 aliphatic carbocycles. The van der Waals surface area contributed by atoms with Crippen LogP contribution < -0.4 is 0 Å². The minimum Gasteiger partial charge on any atom is -0.448 e. The van der Waals surface area contributed by atoms with Crippen molar-refractivity contribution in [3.8, 4) is 0 Å². The van der Waals surface area contributed by atoms with Crippen molar-refractivity contribution in [2.24, 2.45) is 5.92 Å². The topological polar surface area (TPSA) is 52.6 Å². The normalized spacial score (nSPS) is 26.4. The first-order valence-corrected chi connectivity index (χ1v) is 8.17. The van der Waals surface area contributed by atoms with E-state index in [0.717, 1.165) is 18.4 Å². The fraction of sp³-hybridized carbons (Fsp3) is 0.556. The van der Waals surface area contributed by atoms with Crippen molar-refractivity contribution in [2.75, 3.05) is 0 Å². The summed E-state index contributed by atoms with van der Waals surface area (Å²) in [5, 5.41) is 0. The van der Waals surface area contributed by atoms with Crippen LogP contribution >= 0.6 is 0 Å². The van der Waals surface area contributed by atoms with Crippen LogP contribution in [-0.2, 0) is 25.5 Å². The van der Waals surface area contributed by atoms with E-state index in [1.54, 1.807) is 0 Å². The minimum absolute atomic E-state index is 0.377. The third kappa shape index (κ3) is 3.67. The van der Waals surface area contributed by atoms with Gasteiger partial charge in [-0.05, 0) is 17.9 Å². The van der Waals surface area contributed by atoms with Gasteiger partial charge in [-0.25, -0.2) is 9.59 Å². The lowest BCUT2D eigenvalue weighted by atomic mass is 9.85. The van der Waals surface area contributed by atoms with E-state index >= 15 is 0 Å². The standard InChI is InChI=1S/C18H22O4/c19-17-15(11-13-7-3-1-4-8-13)21-18(20)16(22-17)12-14-9-5-2-6-10-14/h1,3-4,7-8,14-16H,2,5-6,9-12H2. The van der Waals surface area contributed by atoms with Crippen molar-refractivity contribution in [1.82, 2.24) is 0 Å². The lowest BCUT2D eigenvalue weighted by Gasteiger charge is -2.30. The fourth-order valence-electron chi connectivity index (χ4n) is 3.35. The zero-order valence-electron chi connectivity index (χ0n) is 12.7. The predicted molar refractivity (Wildman–Crippen MR) is 81.1 cm³/mol. The predicted octanol–water partition coefficient (Wildman–Crippen LogP) is 3.04. The number of hydrogen-bond acceptors (Lipinski definition) is 4. The molecule has 22 heavy (non-hydrogen) atoms. The highest BCUT2D eigenvalue weighted by Crippen LogP contribution is 2.30. The van der Waals surface area contributed by atoms with Crippen LogP contribution in [0.25, 0.3) is 0 Å². The Hall–Kier alpha value is -1.84. The summed E-state index contributed by atoms with van der Waals surface area (Å²) >= 11 is 0. The number of ether oxygens (including phenoxy) is 2. The maximum atomic E-state index is 12.1. The summed E-state index contributed by atoms with van der Waals surface area (Å²) in [6.07, 6.45) is 5.40. The molecule has 2 fully saturated rings.